The average molecular weight is 467 g/mol. The van der Waals surface area contributed by atoms with Crippen LogP contribution in [0.1, 0.15) is 11.3 Å². The molecule has 0 aliphatic carbocycles. The third kappa shape index (κ3) is 3.59. The zero-order valence-corrected chi connectivity index (χ0v) is 19.0. The second kappa shape index (κ2) is 7.86. The molecule has 0 radical (unpaired) electrons. The van der Waals surface area contributed by atoms with Crippen molar-refractivity contribution in [2.75, 3.05) is 21.2 Å². The lowest BCUT2D eigenvalue weighted by atomic mass is 10.1. The summed E-state index contributed by atoms with van der Waals surface area (Å²) in [5, 5.41) is 5.92. The van der Waals surface area contributed by atoms with Gasteiger partial charge in [-0.3, -0.25) is 0 Å². The maximum atomic E-state index is 12.6. The quantitative estimate of drug-likeness (QED) is 0.570. The van der Waals surface area contributed by atoms with Crippen molar-refractivity contribution in [2.45, 2.75) is 13.1 Å². The second-order valence-corrected chi connectivity index (χ2v) is 10.1. The van der Waals surface area contributed by atoms with Crippen LogP contribution in [0.2, 0.25) is 10.0 Å². The van der Waals surface area contributed by atoms with E-state index in [1.54, 1.807) is 36.1 Å². The van der Waals surface area contributed by atoms with Gasteiger partial charge < -0.3 is 4.74 Å². The fraction of sp³-hybridized carbons (Fsp3) is 0.250. The molecule has 30 heavy (non-hydrogen) atoms. The maximum absolute atomic E-state index is 12.6. The third-order valence-corrected chi connectivity index (χ3v) is 7.32. The monoisotopic (exact) mass is 466 g/mol. The van der Waals surface area contributed by atoms with Gasteiger partial charge in [0.2, 0.25) is 0 Å². The molecule has 0 unspecified atom stereocenters. The first-order valence-corrected chi connectivity index (χ1v) is 11.3. The SMILES string of the molecule is COc1cc(Cl)ccc1-n1nc2c(c1-c1ccc(Cl)cc1)CN(S(=O)(=O)N(C)C)C2. The van der Waals surface area contributed by atoms with Crippen molar-refractivity contribution in [1.29, 1.82) is 0 Å². The standard InChI is InChI=1S/C20H20Cl2N4O3S/c1-24(2)30(27,28)25-11-16-17(12-25)23-26(18-9-8-15(22)10-19(18)29-3)20(16)13-4-6-14(21)7-5-13/h4-10H,11-12H2,1-3H3. The molecule has 0 saturated carbocycles. The van der Waals surface area contributed by atoms with E-state index in [1.165, 1.54) is 22.7 Å². The number of ether oxygens (including phenoxy) is 1. The number of rotatable bonds is 5. The number of hydrogen-bond acceptors (Lipinski definition) is 4. The number of halogens is 2. The van der Waals surface area contributed by atoms with Crippen LogP contribution in [-0.4, -0.2) is 48.0 Å². The maximum Gasteiger partial charge on any atom is 0.282 e. The van der Waals surface area contributed by atoms with E-state index in [4.69, 9.17) is 33.0 Å². The molecule has 7 nitrogen and oxygen atoms in total. The van der Waals surface area contributed by atoms with Gasteiger partial charge in [0.1, 0.15) is 11.4 Å². The molecule has 0 atom stereocenters. The van der Waals surface area contributed by atoms with Gasteiger partial charge >= 0.3 is 0 Å². The predicted octanol–water partition coefficient (Wildman–Crippen LogP) is 3.98. The van der Waals surface area contributed by atoms with Crippen LogP contribution in [0.4, 0.5) is 0 Å². The first-order valence-electron chi connectivity index (χ1n) is 9.10. The zero-order valence-electron chi connectivity index (χ0n) is 16.6. The van der Waals surface area contributed by atoms with E-state index in [2.05, 4.69) is 0 Å². The topological polar surface area (TPSA) is 67.7 Å². The van der Waals surface area contributed by atoms with Gasteiger partial charge in [0.25, 0.3) is 10.2 Å². The first kappa shape index (κ1) is 21.1. The molecule has 1 aliphatic heterocycles. The second-order valence-electron chi connectivity index (χ2n) is 7.07. The summed E-state index contributed by atoms with van der Waals surface area (Å²) in [6.45, 7) is 0.420. The number of methoxy groups -OCH3 is 1. The van der Waals surface area contributed by atoms with Crippen LogP contribution in [0.5, 0.6) is 5.75 Å². The summed E-state index contributed by atoms with van der Waals surface area (Å²) >= 11 is 12.2. The van der Waals surface area contributed by atoms with E-state index in [0.717, 1.165) is 16.8 Å². The minimum absolute atomic E-state index is 0.194. The van der Waals surface area contributed by atoms with Crippen molar-refractivity contribution in [2.24, 2.45) is 0 Å². The van der Waals surface area contributed by atoms with Gasteiger partial charge in [0.15, 0.2) is 0 Å². The van der Waals surface area contributed by atoms with Gasteiger partial charge in [-0.05, 0) is 24.3 Å². The first-order chi connectivity index (χ1) is 14.2. The van der Waals surface area contributed by atoms with Crippen LogP contribution in [-0.2, 0) is 23.3 Å². The summed E-state index contributed by atoms with van der Waals surface area (Å²) in [7, 11) is 1.04. The molecule has 0 N–H and O–H groups in total. The Bertz CT molecular complexity index is 1210. The molecule has 1 aliphatic rings. The molecule has 3 aromatic rings. The molecule has 1 aromatic heterocycles. The minimum Gasteiger partial charge on any atom is -0.494 e. The Morgan fingerprint density at radius 1 is 1.03 bits per heavy atom. The van der Waals surface area contributed by atoms with E-state index in [-0.39, 0.29) is 13.1 Å². The molecule has 0 bridgehead atoms. The van der Waals surface area contributed by atoms with Gasteiger partial charge in [-0.25, -0.2) is 4.68 Å². The van der Waals surface area contributed by atoms with Crippen LogP contribution >= 0.6 is 23.2 Å². The van der Waals surface area contributed by atoms with E-state index in [1.807, 2.05) is 18.2 Å². The van der Waals surface area contributed by atoms with E-state index in [0.29, 0.717) is 27.2 Å². The summed E-state index contributed by atoms with van der Waals surface area (Å²) < 4.78 is 35.2. The van der Waals surface area contributed by atoms with Crippen LogP contribution in [0, 0.1) is 0 Å². The van der Waals surface area contributed by atoms with Crippen molar-refractivity contribution in [3.63, 3.8) is 0 Å². The van der Waals surface area contributed by atoms with Crippen LogP contribution in [0.3, 0.4) is 0 Å². The Labute approximate surface area is 185 Å². The molecule has 158 valence electrons. The fourth-order valence-corrected chi connectivity index (χ4v) is 4.81. The molecule has 2 aromatic carbocycles. The van der Waals surface area contributed by atoms with Crippen molar-refractivity contribution < 1.29 is 13.2 Å². The highest BCUT2D eigenvalue weighted by atomic mass is 35.5. The molecular formula is C20H20Cl2N4O3S. The van der Waals surface area contributed by atoms with Crippen molar-refractivity contribution in [1.82, 2.24) is 18.4 Å². The summed E-state index contributed by atoms with van der Waals surface area (Å²) in [5.74, 6) is 0.566. The van der Waals surface area contributed by atoms with E-state index in [9.17, 15) is 8.42 Å². The summed E-state index contributed by atoms with van der Waals surface area (Å²) in [4.78, 5) is 0. The largest absolute Gasteiger partial charge is 0.494 e. The van der Waals surface area contributed by atoms with Crippen LogP contribution in [0.25, 0.3) is 16.9 Å². The molecule has 0 saturated heterocycles. The third-order valence-electron chi connectivity index (χ3n) is 5.00. The van der Waals surface area contributed by atoms with Crippen molar-refractivity contribution >= 4 is 33.4 Å². The number of aromatic nitrogens is 2. The van der Waals surface area contributed by atoms with Crippen molar-refractivity contribution in [3.8, 4) is 22.7 Å². The molecule has 4 rings (SSSR count). The van der Waals surface area contributed by atoms with Gasteiger partial charge in [0, 0.05) is 47.9 Å². The van der Waals surface area contributed by atoms with Gasteiger partial charge in [0.05, 0.1) is 25.0 Å². The molecule has 0 amide bonds. The number of fused-ring (bicyclic) bond motifs is 1. The normalized spacial score (nSPS) is 14.3. The molecule has 0 fully saturated rings. The van der Waals surface area contributed by atoms with Crippen LogP contribution in [0.15, 0.2) is 42.5 Å². The average Bonchev–Trinajstić information content (AvgIpc) is 3.27. The zero-order chi connectivity index (χ0) is 21.6. The van der Waals surface area contributed by atoms with Gasteiger partial charge in [-0.15, -0.1) is 0 Å². The predicted molar refractivity (Wildman–Crippen MR) is 117 cm³/mol. The lowest BCUT2D eigenvalue weighted by Crippen LogP contribution is -2.36. The summed E-state index contributed by atoms with van der Waals surface area (Å²) in [6, 6.07) is 12.7. The summed E-state index contributed by atoms with van der Waals surface area (Å²) in [6.07, 6.45) is 0. The Kier molecular flexibility index (Phi) is 5.54. The Morgan fingerprint density at radius 2 is 1.70 bits per heavy atom. The molecule has 2 heterocycles. The molecule has 0 spiro atoms. The molecule has 10 heteroatoms. The Morgan fingerprint density at radius 3 is 2.33 bits per heavy atom. The lowest BCUT2D eigenvalue weighted by molar-refractivity contribution is 0.383. The summed E-state index contributed by atoms with van der Waals surface area (Å²) in [5.41, 5.74) is 3.92. The van der Waals surface area contributed by atoms with Crippen LogP contribution < -0.4 is 4.74 Å². The Balaban J connectivity index is 1.90. The fourth-order valence-electron chi connectivity index (χ4n) is 3.49. The number of hydrogen-bond donors (Lipinski definition) is 0. The van der Waals surface area contributed by atoms with Gasteiger partial charge in [-0.2, -0.15) is 22.1 Å². The number of benzene rings is 2. The minimum atomic E-state index is -3.56. The lowest BCUT2D eigenvalue weighted by Gasteiger charge is -2.21. The Hall–Kier alpha value is -2.10. The highest BCUT2D eigenvalue weighted by molar-refractivity contribution is 7.86. The highest BCUT2D eigenvalue weighted by Gasteiger charge is 2.36. The van der Waals surface area contributed by atoms with E-state index >= 15 is 0 Å². The molecular weight excluding hydrogens is 447 g/mol. The van der Waals surface area contributed by atoms with Gasteiger partial charge in [-0.1, -0.05) is 35.3 Å². The van der Waals surface area contributed by atoms with Crippen molar-refractivity contribution in [3.05, 3.63) is 63.8 Å². The highest BCUT2D eigenvalue weighted by Crippen LogP contribution is 2.38. The smallest absolute Gasteiger partial charge is 0.282 e. The van der Waals surface area contributed by atoms with E-state index < -0.39 is 10.2 Å². The number of nitrogens with zero attached hydrogens (tertiary/aromatic N) is 4.